The van der Waals surface area contributed by atoms with Crippen LogP contribution in [0.2, 0.25) is 0 Å². The van der Waals surface area contributed by atoms with E-state index in [0.29, 0.717) is 16.8 Å². The number of likely N-dealkylation sites (tertiary alicyclic amines) is 1. The Bertz CT molecular complexity index is 1460. The lowest BCUT2D eigenvalue weighted by Crippen LogP contribution is -2.60. The number of benzene rings is 2. The monoisotopic (exact) mass is 630 g/mol. The molecule has 0 bridgehead atoms. The summed E-state index contributed by atoms with van der Waals surface area (Å²) >= 11 is 17.6. The van der Waals surface area contributed by atoms with E-state index in [0.717, 1.165) is 16.9 Å². The third-order valence-electron chi connectivity index (χ3n) is 8.82. The predicted octanol–water partition coefficient (Wildman–Crippen LogP) is 4.87. The number of amides is 4. The molecule has 6 rings (SSSR count). The average Bonchev–Trinajstić information content (AvgIpc) is 3.26. The summed E-state index contributed by atoms with van der Waals surface area (Å²) < 4.78 is 0. The van der Waals surface area contributed by atoms with Crippen molar-refractivity contribution in [2.24, 2.45) is 17.8 Å². The van der Waals surface area contributed by atoms with Gasteiger partial charge in [0.1, 0.15) is 5.75 Å². The van der Waals surface area contributed by atoms with Gasteiger partial charge < -0.3 is 5.11 Å². The van der Waals surface area contributed by atoms with Crippen LogP contribution < -0.4 is 4.90 Å². The SMILES string of the molecule is CCc1ccc(N2C(=O)[C@H]3[C@H](CC=C4[C@H]3C[C@@]3(Cl)C(=O)N(CBr)C(=O)[C@@]3(Cl)[C@H]4c3cccc(O)c3)C2=O)cc1. The van der Waals surface area contributed by atoms with Gasteiger partial charge in [0.15, 0.2) is 9.75 Å². The Kier molecular flexibility index (Phi) is 6.25. The van der Waals surface area contributed by atoms with Crippen LogP contribution in [0.25, 0.3) is 0 Å². The largest absolute Gasteiger partial charge is 0.508 e. The number of halogens is 3. The molecule has 1 saturated carbocycles. The fourth-order valence-electron chi connectivity index (χ4n) is 6.97. The number of rotatable bonds is 4. The molecule has 2 aromatic carbocycles. The minimum Gasteiger partial charge on any atom is -0.508 e. The summed E-state index contributed by atoms with van der Waals surface area (Å²) in [5.41, 5.74) is 2.70. The molecule has 7 nitrogen and oxygen atoms in total. The van der Waals surface area contributed by atoms with Crippen LogP contribution in [0.15, 0.2) is 60.2 Å². The van der Waals surface area contributed by atoms with Gasteiger partial charge in [-0.1, -0.05) is 58.8 Å². The first-order chi connectivity index (χ1) is 18.6. The van der Waals surface area contributed by atoms with Gasteiger partial charge >= 0.3 is 0 Å². The van der Waals surface area contributed by atoms with Gasteiger partial charge in [-0.15, -0.1) is 23.2 Å². The number of alkyl halides is 3. The molecule has 2 heterocycles. The maximum atomic E-state index is 14.0. The molecule has 6 atom stereocenters. The third kappa shape index (κ3) is 3.47. The minimum absolute atomic E-state index is 0.0349. The Labute approximate surface area is 243 Å². The van der Waals surface area contributed by atoms with Crippen LogP contribution in [0, 0.1) is 17.8 Å². The first-order valence-electron chi connectivity index (χ1n) is 12.8. The highest BCUT2D eigenvalue weighted by Gasteiger charge is 2.76. The topological polar surface area (TPSA) is 95.0 Å². The molecule has 2 aliphatic carbocycles. The molecule has 3 fully saturated rings. The average molecular weight is 632 g/mol. The zero-order valence-electron chi connectivity index (χ0n) is 20.9. The number of imide groups is 2. The second kappa shape index (κ2) is 9.18. The summed E-state index contributed by atoms with van der Waals surface area (Å²) in [4.78, 5) is 53.5. The zero-order valence-corrected chi connectivity index (χ0v) is 24.0. The highest BCUT2D eigenvalue weighted by molar-refractivity contribution is 9.09. The smallest absolute Gasteiger partial charge is 0.254 e. The fourth-order valence-corrected chi connectivity index (χ4v) is 8.39. The highest BCUT2D eigenvalue weighted by Crippen LogP contribution is 2.65. The van der Waals surface area contributed by atoms with E-state index in [1.165, 1.54) is 17.0 Å². The number of hydrogen-bond acceptors (Lipinski definition) is 5. The number of carbonyl (C=O) groups is 4. The van der Waals surface area contributed by atoms with Gasteiger partial charge in [0, 0.05) is 5.92 Å². The number of nitrogens with zero attached hydrogens (tertiary/aromatic N) is 2. The summed E-state index contributed by atoms with van der Waals surface area (Å²) in [6.07, 6.45) is 2.92. The number of phenolic OH excluding ortho intramolecular Hbond substituents is 1. The number of aryl methyl sites for hydroxylation is 1. The van der Waals surface area contributed by atoms with Crippen LogP contribution in [0.1, 0.15) is 36.8 Å². The van der Waals surface area contributed by atoms with E-state index in [-0.39, 0.29) is 35.9 Å². The molecule has 0 unspecified atom stereocenters. The van der Waals surface area contributed by atoms with Crippen molar-refractivity contribution in [3.05, 3.63) is 71.3 Å². The number of phenols is 1. The van der Waals surface area contributed by atoms with Crippen LogP contribution in [0.4, 0.5) is 5.69 Å². The molecule has 2 aliphatic heterocycles. The number of hydrogen-bond donors (Lipinski definition) is 1. The second-order valence-electron chi connectivity index (χ2n) is 10.6. The predicted molar refractivity (Wildman–Crippen MR) is 150 cm³/mol. The summed E-state index contributed by atoms with van der Waals surface area (Å²) in [5.74, 6) is -4.85. The Morgan fingerprint density at radius 1 is 1.00 bits per heavy atom. The van der Waals surface area contributed by atoms with Crippen molar-refractivity contribution in [2.45, 2.75) is 41.9 Å². The van der Waals surface area contributed by atoms with Gasteiger partial charge in [-0.05, 0) is 60.6 Å². The molecule has 2 aromatic rings. The lowest BCUT2D eigenvalue weighted by Gasteiger charge is -2.50. The Hall–Kier alpha value is -2.68. The summed E-state index contributed by atoms with van der Waals surface area (Å²) in [6, 6.07) is 13.7. The van der Waals surface area contributed by atoms with Crippen molar-refractivity contribution in [2.75, 3.05) is 10.4 Å². The molecule has 4 amide bonds. The van der Waals surface area contributed by atoms with Gasteiger partial charge in [-0.2, -0.15) is 0 Å². The number of allylic oxidation sites excluding steroid dienone is 2. The lowest BCUT2D eigenvalue weighted by atomic mass is 9.56. The number of aromatic hydroxyl groups is 1. The van der Waals surface area contributed by atoms with Crippen LogP contribution in [-0.2, 0) is 25.6 Å². The third-order valence-corrected chi connectivity index (χ3v) is 10.7. The van der Waals surface area contributed by atoms with E-state index >= 15 is 0 Å². The van der Waals surface area contributed by atoms with E-state index in [2.05, 4.69) is 15.9 Å². The van der Waals surface area contributed by atoms with E-state index in [1.807, 2.05) is 25.1 Å². The quantitative estimate of drug-likeness (QED) is 0.225. The van der Waals surface area contributed by atoms with Gasteiger partial charge in [0.25, 0.3) is 11.8 Å². The van der Waals surface area contributed by atoms with Crippen molar-refractivity contribution >= 4 is 68.4 Å². The molecule has 2 saturated heterocycles. The fraction of sp³-hybridized carbons (Fsp3) is 0.379. The molecular weight excluding hydrogens is 607 g/mol. The molecular formula is C29H25BrCl2N2O5. The molecule has 0 aromatic heterocycles. The van der Waals surface area contributed by atoms with Crippen LogP contribution in [0.5, 0.6) is 5.75 Å². The molecule has 202 valence electrons. The Morgan fingerprint density at radius 2 is 1.72 bits per heavy atom. The van der Waals surface area contributed by atoms with Crippen molar-refractivity contribution in [1.82, 2.24) is 4.90 Å². The maximum Gasteiger partial charge on any atom is 0.254 e. The Balaban J connectivity index is 1.49. The van der Waals surface area contributed by atoms with Crippen molar-refractivity contribution in [1.29, 1.82) is 0 Å². The maximum absolute atomic E-state index is 14.0. The lowest BCUT2D eigenvalue weighted by molar-refractivity contribution is -0.138. The minimum atomic E-state index is -1.89. The first-order valence-corrected chi connectivity index (χ1v) is 14.7. The molecule has 0 spiro atoms. The molecule has 39 heavy (non-hydrogen) atoms. The number of fused-ring (bicyclic) bond motifs is 4. The van der Waals surface area contributed by atoms with E-state index in [1.54, 1.807) is 24.3 Å². The molecule has 1 N–H and O–H groups in total. The van der Waals surface area contributed by atoms with Crippen LogP contribution in [-0.4, -0.2) is 48.8 Å². The van der Waals surface area contributed by atoms with Crippen molar-refractivity contribution in [3.8, 4) is 5.75 Å². The highest BCUT2D eigenvalue weighted by atomic mass is 79.9. The standard InChI is InChI=1S/C29H25BrCl2N2O5/c1-2-15-6-8-17(9-7-15)34-24(36)20-11-10-19-21(22(20)25(34)37)13-28(31)26(38)33(14-30)27(39)29(28,32)23(19)16-4-3-5-18(35)12-16/h3-10,12,20-23,35H,2,11,13-14H2,1H3/t20-,21+,22-,23-,28+,29-/m0/s1. The van der Waals surface area contributed by atoms with Crippen LogP contribution >= 0.6 is 39.1 Å². The van der Waals surface area contributed by atoms with Crippen LogP contribution in [0.3, 0.4) is 0 Å². The normalized spacial score (nSPS) is 33.7. The first kappa shape index (κ1) is 26.5. The number of anilines is 1. The molecule has 0 radical (unpaired) electrons. The van der Waals surface area contributed by atoms with Gasteiger partial charge in [-0.25, -0.2) is 0 Å². The molecule has 4 aliphatic rings. The van der Waals surface area contributed by atoms with Crippen molar-refractivity contribution in [3.63, 3.8) is 0 Å². The zero-order chi connectivity index (χ0) is 27.9. The van der Waals surface area contributed by atoms with Gasteiger partial charge in [0.05, 0.1) is 23.0 Å². The van der Waals surface area contributed by atoms with Crippen molar-refractivity contribution < 1.29 is 24.3 Å². The summed E-state index contributed by atoms with van der Waals surface area (Å²) in [7, 11) is 0. The van der Waals surface area contributed by atoms with Gasteiger partial charge in [-0.3, -0.25) is 29.0 Å². The van der Waals surface area contributed by atoms with E-state index in [9.17, 15) is 24.3 Å². The Morgan fingerprint density at radius 3 is 2.36 bits per heavy atom. The van der Waals surface area contributed by atoms with Gasteiger partial charge in [0.2, 0.25) is 11.8 Å². The summed E-state index contributed by atoms with van der Waals surface area (Å²) in [5, 5.41) is 10.3. The van der Waals surface area contributed by atoms with E-state index < -0.39 is 45.2 Å². The van der Waals surface area contributed by atoms with E-state index in [4.69, 9.17) is 23.2 Å². The summed E-state index contributed by atoms with van der Waals surface area (Å²) in [6.45, 7) is 2.03. The second-order valence-corrected chi connectivity index (χ2v) is 12.4. The molecule has 10 heteroatoms. The number of carbonyl (C=O) groups excluding carboxylic acids is 4.